The predicted molar refractivity (Wildman–Crippen MR) is 50.2 cm³/mol. The number of hydrogen-bond acceptors (Lipinski definition) is 2. The Bertz CT molecular complexity index is 301. The summed E-state index contributed by atoms with van der Waals surface area (Å²) in [6, 6.07) is 5.35. The molecule has 1 heterocycles. The van der Waals surface area contributed by atoms with E-state index in [0.29, 0.717) is 6.04 Å². The van der Waals surface area contributed by atoms with Crippen molar-refractivity contribution in [3.8, 4) is 0 Å². The van der Waals surface area contributed by atoms with Crippen molar-refractivity contribution in [3.63, 3.8) is 0 Å². The van der Waals surface area contributed by atoms with Gasteiger partial charge >= 0.3 is 0 Å². The van der Waals surface area contributed by atoms with E-state index in [1.807, 2.05) is 0 Å². The molecule has 0 aliphatic carbocycles. The first-order valence-electron chi connectivity index (χ1n) is 3.94. The summed E-state index contributed by atoms with van der Waals surface area (Å²) in [5.41, 5.74) is 1.06. The molecule has 1 atom stereocenters. The minimum Gasteiger partial charge on any atom is -0.381 e. The molecule has 0 bridgehead atoms. The maximum Gasteiger partial charge on any atom is 0.124 e. The van der Waals surface area contributed by atoms with E-state index in [9.17, 15) is 4.39 Å². The Hall–Kier alpha value is -0.700. The minimum absolute atomic E-state index is 0.155. The molecule has 0 saturated heterocycles. The highest BCUT2D eigenvalue weighted by Crippen LogP contribution is 2.33. The number of hydrogen-bond donors (Lipinski definition) is 1. The molecule has 0 saturated carbocycles. The van der Waals surface area contributed by atoms with E-state index in [-0.39, 0.29) is 5.82 Å². The summed E-state index contributed by atoms with van der Waals surface area (Å²) >= 11 is 1.71. The molecule has 1 aromatic carbocycles. The summed E-state index contributed by atoms with van der Waals surface area (Å²) in [4.78, 5) is 1.02. The minimum atomic E-state index is -0.155. The monoisotopic (exact) mass is 183 g/mol. The third-order valence-electron chi connectivity index (χ3n) is 1.83. The number of thioether (sulfide) groups is 1. The van der Waals surface area contributed by atoms with Gasteiger partial charge in [-0.05, 0) is 25.1 Å². The van der Waals surface area contributed by atoms with Crippen LogP contribution in [0.1, 0.15) is 6.92 Å². The van der Waals surface area contributed by atoms with E-state index < -0.39 is 0 Å². The van der Waals surface area contributed by atoms with Crippen molar-refractivity contribution in [1.82, 2.24) is 0 Å². The number of nitrogens with one attached hydrogen (secondary N) is 1. The molecule has 0 radical (unpaired) electrons. The Balaban J connectivity index is 2.37. The first kappa shape index (κ1) is 7.92. The van der Waals surface area contributed by atoms with Gasteiger partial charge in [0.1, 0.15) is 5.82 Å². The molecule has 1 aliphatic heterocycles. The third-order valence-corrected chi connectivity index (χ3v) is 3.15. The van der Waals surface area contributed by atoms with Gasteiger partial charge in [0.15, 0.2) is 0 Å². The van der Waals surface area contributed by atoms with Crippen molar-refractivity contribution < 1.29 is 4.39 Å². The van der Waals surface area contributed by atoms with E-state index >= 15 is 0 Å². The van der Waals surface area contributed by atoms with Crippen molar-refractivity contribution in [3.05, 3.63) is 24.0 Å². The average molecular weight is 183 g/mol. The summed E-state index contributed by atoms with van der Waals surface area (Å²) in [5, 5.41) is 3.30. The van der Waals surface area contributed by atoms with E-state index in [1.165, 1.54) is 6.07 Å². The van der Waals surface area contributed by atoms with Gasteiger partial charge in [0.25, 0.3) is 0 Å². The van der Waals surface area contributed by atoms with E-state index in [2.05, 4.69) is 12.2 Å². The van der Waals surface area contributed by atoms with Crippen LogP contribution in [0.3, 0.4) is 0 Å². The number of anilines is 1. The van der Waals surface area contributed by atoms with Gasteiger partial charge in [0.2, 0.25) is 0 Å². The van der Waals surface area contributed by atoms with Crippen molar-refractivity contribution in [2.75, 3.05) is 11.1 Å². The third kappa shape index (κ3) is 1.41. The van der Waals surface area contributed by atoms with Gasteiger partial charge in [-0.3, -0.25) is 0 Å². The molecule has 1 nitrogen and oxygen atoms in total. The molecular weight excluding hydrogens is 173 g/mol. The van der Waals surface area contributed by atoms with Gasteiger partial charge in [-0.2, -0.15) is 0 Å². The second-order valence-corrected chi connectivity index (χ2v) is 4.06. The standard InChI is InChI=1S/C9H10FNS/c1-6-5-12-9-4-7(10)2-3-8(9)11-6/h2-4,6,11H,5H2,1H3. The van der Waals surface area contributed by atoms with Gasteiger partial charge in [0.05, 0.1) is 0 Å². The lowest BCUT2D eigenvalue weighted by molar-refractivity contribution is 0.624. The highest BCUT2D eigenvalue weighted by molar-refractivity contribution is 7.99. The van der Waals surface area contributed by atoms with Crippen LogP contribution in [-0.2, 0) is 0 Å². The Morgan fingerprint density at radius 3 is 3.25 bits per heavy atom. The summed E-state index contributed by atoms with van der Waals surface area (Å²) in [5.74, 6) is 0.855. The smallest absolute Gasteiger partial charge is 0.124 e. The first-order chi connectivity index (χ1) is 5.75. The number of rotatable bonds is 0. The molecule has 0 fully saturated rings. The number of halogens is 1. The zero-order valence-corrected chi connectivity index (χ0v) is 7.62. The van der Waals surface area contributed by atoms with Crippen molar-refractivity contribution in [1.29, 1.82) is 0 Å². The Morgan fingerprint density at radius 2 is 2.42 bits per heavy atom. The van der Waals surface area contributed by atoms with Crippen LogP contribution in [0.25, 0.3) is 0 Å². The van der Waals surface area contributed by atoms with Crippen LogP contribution >= 0.6 is 11.8 Å². The van der Waals surface area contributed by atoms with E-state index in [4.69, 9.17) is 0 Å². The summed E-state index contributed by atoms with van der Waals surface area (Å²) < 4.78 is 12.8. The summed E-state index contributed by atoms with van der Waals surface area (Å²) in [6.45, 7) is 2.12. The Kier molecular flexibility index (Phi) is 1.97. The van der Waals surface area contributed by atoms with E-state index in [0.717, 1.165) is 16.3 Å². The quantitative estimate of drug-likeness (QED) is 0.663. The topological polar surface area (TPSA) is 12.0 Å². The van der Waals surface area contributed by atoms with Crippen molar-refractivity contribution in [2.45, 2.75) is 17.9 Å². The van der Waals surface area contributed by atoms with Crippen LogP contribution in [0.4, 0.5) is 10.1 Å². The van der Waals surface area contributed by atoms with Crippen LogP contribution in [0.15, 0.2) is 23.1 Å². The molecule has 12 heavy (non-hydrogen) atoms. The molecule has 0 aromatic heterocycles. The van der Waals surface area contributed by atoms with Crippen LogP contribution in [-0.4, -0.2) is 11.8 Å². The largest absolute Gasteiger partial charge is 0.381 e. The zero-order chi connectivity index (χ0) is 8.55. The highest BCUT2D eigenvalue weighted by atomic mass is 32.2. The van der Waals surface area contributed by atoms with Crippen LogP contribution in [0.5, 0.6) is 0 Å². The lowest BCUT2D eigenvalue weighted by Crippen LogP contribution is -2.21. The normalized spacial score (nSPS) is 21.3. The number of fused-ring (bicyclic) bond motifs is 1. The fourth-order valence-corrected chi connectivity index (χ4v) is 2.25. The van der Waals surface area contributed by atoms with Crippen molar-refractivity contribution in [2.24, 2.45) is 0 Å². The fourth-order valence-electron chi connectivity index (χ4n) is 1.26. The van der Waals surface area contributed by atoms with Crippen LogP contribution in [0.2, 0.25) is 0 Å². The lowest BCUT2D eigenvalue weighted by Gasteiger charge is -2.23. The predicted octanol–water partition coefficient (Wildman–Crippen LogP) is 2.73. The highest BCUT2D eigenvalue weighted by Gasteiger charge is 2.14. The second kappa shape index (κ2) is 2.98. The Morgan fingerprint density at radius 1 is 1.58 bits per heavy atom. The van der Waals surface area contributed by atoms with Crippen LogP contribution in [0, 0.1) is 5.82 Å². The first-order valence-corrected chi connectivity index (χ1v) is 4.93. The molecular formula is C9H10FNS. The molecule has 64 valence electrons. The van der Waals surface area contributed by atoms with Gasteiger partial charge in [-0.1, -0.05) is 0 Å². The maximum absolute atomic E-state index is 12.8. The van der Waals surface area contributed by atoms with Crippen LogP contribution < -0.4 is 5.32 Å². The van der Waals surface area contributed by atoms with Gasteiger partial charge in [0, 0.05) is 22.4 Å². The fraction of sp³-hybridized carbons (Fsp3) is 0.333. The molecule has 1 N–H and O–H groups in total. The lowest BCUT2D eigenvalue weighted by atomic mass is 10.2. The molecule has 2 rings (SSSR count). The average Bonchev–Trinajstić information content (AvgIpc) is 2.05. The second-order valence-electron chi connectivity index (χ2n) is 3.00. The maximum atomic E-state index is 12.8. The molecule has 1 unspecified atom stereocenters. The molecule has 0 amide bonds. The summed E-state index contributed by atoms with van der Waals surface area (Å²) in [7, 11) is 0. The van der Waals surface area contributed by atoms with E-state index in [1.54, 1.807) is 23.9 Å². The number of benzene rings is 1. The van der Waals surface area contributed by atoms with Gasteiger partial charge < -0.3 is 5.32 Å². The molecule has 3 heteroatoms. The molecule has 0 spiro atoms. The molecule has 1 aromatic rings. The Labute approximate surface area is 75.4 Å². The summed E-state index contributed by atoms with van der Waals surface area (Å²) in [6.07, 6.45) is 0. The van der Waals surface area contributed by atoms with Gasteiger partial charge in [-0.15, -0.1) is 11.8 Å². The SMILES string of the molecule is CC1CSc2cc(F)ccc2N1. The van der Waals surface area contributed by atoms with Crippen molar-refractivity contribution >= 4 is 17.4 Å². The van der Waals surface area contributed by atoms with Gasteiger partial charge in [-0.25, -0.2) is 4.39 Å². The molecule has 1 aliphatic rings. The zero-order valence-electron chi connectivity index (χ0n) is 6.80.